The van der Waals surface area contributed by atoms with Crippen molar-refractivity contribution in [1.82, 2.24) is 4.90 Å². The van der Waals surface area contributed by atoms with Crippen LogP contribution >= 0.6 is 11.6 Å². The molecular weight excluding hydrogens is 647 g/mol. The summed E-state index contributed by atoms with van der Waals surface area (Å²) in [6.45, 7) is 2.19. The van der Waals surface area contributed by atoms with Crippen LogP contribution in [0.25, 0.3) is 0 Å². The SMILES string of the molecule is CCCC1CC2(C1)CC(C(=O)N1CCC3(S(=O)(=O)c4ccc(Cl)cc4)c4ccc(C(F)(C(F)(F)F)C(F)(F)F)cc4CCC13)C2. The monoisotopic (exact) mass is 679 g/mol. The fourth-order valence-electron chi connectivity index (χ4n) is 8.82. The molecule has 0 bridgehead atoms. The molecule has 4 nitrogen and oxygen atoms in total. The van der Waals surface area contributed by atoms with Crippen LogP contribution in [0.1, 0.15) is 75.0 Å². The van der Waals surface area contributed by atoms with Crippen LogP contribution in [0.4, 0.5) is 30.7 Å². The Hall–Kier alpha value is -2.34. The largest absolute Gasteiger partial charge is 0.435 e. The van der Waals surface area contributed by atoms with Gasteiger partial charge in [-0.3, -0.25) is 4.79 Å². The van der Waals surface area contributed by atoms with E-state index in [0.29, 0.717) is 18.1 Å². The molecule has 2 saturated carbocycles. The number of alkyl halides is 7. The summed E-state index contributed by atoms with van der Waals surface area (Å²) in [7, 11) is -4.40. The van der Waals surface area contributed by atoms with E-state index in [-0.39, 0.29) is 64.1 Å². The van der Waals surface area contributed by atoms with Crippen molar-refractivity contribution in [2.75, 3.05) is 6.54 Å². The fourth-order valence-corrected chi connectivity index (χ4v) is 11.3. The number of sulfone groups is 1. The maximum absolute atomic E-state index is 15.0. The van der Waals surface area contributed by atoms with Crippen LogP contribution in [-0.4, -0.2) is 44.2 Å². The van der Waals surface area contributed by atoms with Gasteiger partial charge in [0.2, 0.25) is 5.91 Å². The lowest BCUT2D eigenvalue weighted by molar-refractivity contribution is -0.348. The van der Waals surface area contributed by atoms with Crippen LogP contribution in [0.15, 0.2) is 47.4 Å². The molecule has 3 aliphatic carbocycles. The molecule has 1 spiro atoms. The molecule has 45 heavy (non-hydrogen) atoms. The Balaban J connectivity index is 1.40. The first-order valence-corrected chi connectivity index (χ1v) is 17.0. The number of aryl methyl sites for hydroxylation is 1. The number of rotatable bonds is 6. The first kappa shape index (κ1) is 32.6. The number of carbonyl (C=O) groups is 1. The third-order valence-corrected chi connectivity index (χ3v) is 13.6. The van der Waals surface area contributed by atoms with E-state index >= 15 is 4.39 Å². The molecule has 246 valence electrons. The third kappa shape index (κ3) is 4.73. The molecule has 2 aromatic carbocycles. The zero-order valence-corrected chi connectivity index (χ0v) is 26.0. The van der Waals surface area contributed by atoms with Crippen LogP contribution in [-0.2, 0) is 31.5 Å². The predicted molar refractivity (Wildman–Crippen MR) is 153 cm³/mol. The maximum Gasteiger partial charge on any atom is 0.435 e. The average Bonchev–Trinajstić information content (AvgIpc) is 3.33. The molecule has 6 rings (SSSR count). The van der Waals surface area contributed by atoms with E-state index in [9.17, 15) is 39.6 Å². The lowest BCUT2D eigenvalue weighted by Gasteiger charge is -2.58. The summed E-state index contributed by atoms with van der Waals surface area (Å²) in [5.74, 6) is 0.221. The van der Waals surface area contributed by atoms with E-state index in [0.717, 1.165) is 44.6 Å². The highest BCUT2D eigenvalue weighted by atomic mass is 35.5. The minimum atomic E-state index is -6.31. The summed E-state index contributed by atoms with van der Waals surface area (Å²) in [5, 5.41) is 0.259. The number of carbonyl (C=O) groups excluding carboxylic acids is 1. The van der Waals surface area contributed by atoms with Crippen molar-refractivity contribution in [2.24, 2.45) is 17.3 Å². The van der Waals surface area contributed by atoms with Gasteiger partial charge in [-0.2, -0.15) is 26.3 Å². The van der Waals surface area contributed by atoms with Crippen LogP contribution in [0.5, 0.6) is 0 Å². The Bertz CT molecular complexity index is 1580. The third-order valence-electron chi connectivity index (χ3n) is 10.8. The van der Waals surface area contributed by atoms with Crippen LogP contribution in [0.3, 0.4) is 0 Å². The molecule has 0 N–H and O–H groups in total. The maximum atomic E-state index is 15.0. The Kier molecular flexibility index (Phi) is 7.67. The van der Waals surface area contributed by atoms with Gasteiger partial charge in [-0.25, -0.2) is 12.8 Å². The lowest BCUT2D eigenvalue weighted by atomic mass is 9.47. The highest BCUT2D eigenvalue weighted by Crippen LogP contribution is 2.63. The number of hydrogen-bond acceptors (Lipinski definition) is 3. The minimum absolute atomic E-state index is 0.00840. The number of fused-ring (bicyclic) bond motifs is 3. The smallest absolute Gasteiger partial charge is 0.337 e. The molecule has 2 atom stereocenters. The summed E-state index contributed by atoms with van der Waals surface area (Å²) < 4.78 is 124. The normalized spacial score (nSPS) is 30.0. The van der Waals surface area contributed by atoms with E-state index in [4.69, 9.17) is 11.6 Å². The molecule has 3 fully saturated rings. The Morgan fingerprint density at radius 1 is 0.956 bits per heavy atom. The van der Waals surface area contributed by atoms with E-state index in [1.807, 2.05) is 0 Å². The average molecular weight is 680 g/mol. The van der Waals surface area contributed by atoms with Crippen LogP contribution < -0.4 is 0 Å². The van der Waals surface area contributed by atoms with Crippen LogP contribution in [0, 0.1) is 17.3 Å². The minimum Gasteiger partial charge on any atom is -0.337 e. The highest BCUT2D eigenvalue weighted by Gasteiger charge is 2.74. The van der Waals surface area contributed by atoms with Crippen molar-refractivity contribution in [3.63, 3.8) is 0 Å². The topological polar surface area (TPSA) is 54.5 Å². The number of nitrogens with zero attached hydrogens (tertiary/aromatic N) is 1. The van der Waals surface area contributed by atoms with Crippen molar-refractivity contribution in [3.8, 4) is 0 Å². The zero-order valence-electron chi connectivity index (χ0n) is 24.4. The lowest BCUT2D eigenvalue weighted by Crippen LogP contribution is -2.56. The highest BCUT2D eigenvalue weighted by molar-refractivity contribution is 7.92. The van der Waals surface area contributed by atoms with Crippen molar-refractivity contribution in [1.29, 1.82) is 0 Å². The molecule has 1 aliphatic heterocycles. The van der Waals surface area contributed by atoms with Gasteiger partial charge in [-0.15, -0.1) is 0 Å². The molecule has 13 heteroatoms. The molecule has 0 aromatic heterocycles. The van der Waals surface area contributed by atoms with E-state index in [1.165, 1.54) is 24.3 Å². The summed E-state index contributed by atoms with van der Waals surface area (Å²) in [5.41, 5.74) is -7.29. The summed E-state index contributed by atoms with van der Waals surface area (Å²) in [6.07, 6.45) is -7.04. The second-order valence-electron chi connectivity index (χ2n) is 13.4. The van der Waals surface area contributed by atoms with Gasteiger partial charge in [0.15, 0.2) is 9.84 Å². The standard InChI is InChI=1S/C32H33ClF7NO3S/c1-2-3-19-15-28(16-19)17-21(18-28)27(42)41-13-12-29(45(43,44)24-8-6-23(33)7-9-24)25-10-5-22(14-20(25)4-11-26(29)41)30(34,31(35,36)37)32(38,39)40/h5-10,14,19,21,26H,2-4,11-13,15-18H2,1H3. The molecule has 2 aromatic rings. The molecule has 2 unspecified atom stereocenters. The van der Waals surface area contributed by atoms with Crippen LogP contribution in [0.2, 0.25) is 5.02 Å². The number of benzene rings is 2. The number of amides is 1. The first-order valence-electron chi connectivity index (χ1n) is 15.2. The van der Waals surface area contributed by atoms with Gasteiger partial charge in [0.1, 0.15) is 4.75 Å². The van der Waals surface area contributed by atoms with E-state index in [1.54, 1.807) is 4.90 Å². The Morgan fingerprint density at radius 3 is 2.16 bits per heavy atom. The first-order chi connectivity index (χ1) is 20.9. The Labute approximate surface area is 262 Å². The molecular formula is C32H33ClF7NO3S. The zero-order chi connectivity index (χ0) is 32.8. The molecule has 1 heterocycles. The number of hydrogen-bond donors (Lipinski definition) is 0. The summed E-state index contributed by atoms with van der Waals surface area (Å²) >= 11 is 5.99. The second kappa shape index (κ2) is 10.6. The predicted octanol–water partition coefficient (Wildman–Crippen LogP) is 8.45. The van der Waals surface area contributed by atoms with Crippen molar-refractivity contribution in [2.45, 2.75) is 98.4 Å². The van der Waals surface area contributed by atoms with Crippen molar-refractivity contribution < 1.29 is 43.9 Å². The van der Waals surface area contributed by atoms with Gasteiger partial charge in [0, 0.05) is 23.0 Å². The molecule has 0 radical (unpaired) electrons. The van der Waals surface area contributed by atoms with Gasteiger partial charge in [-0.05, 0) is 91.7 Å². The van der Waals surface area contributed by atoms with Gasteiger partial charge < -0.3 is 4.90 Å². The van der Waals surface area contributed by atoms with Gasteiger partial charge in [0.25, 0.3) is 0 Å². The number of halogens is 8. The van der Waals surface area contributed by atoms with E-state index < -0.39 is 44.2 Å². The van der Waals surface area contributed by atoms with Gasteiger partial charge >= 0.3 is 18.0 Å². The van der Waals surface area contributed by atoms with Crippen molar-refractivity contribution in [3.05, 3.63) is 64.2 Å². The quantitative estimate of drug-likeness (QED) is 0.288. The Morgan fingerprint density at radius 2 is 1.58 bits per heavy atom. The van der Waals surface area contributed by atoms with Gasteiger partial charge in [-0.1, -0.05) is 49.6 Å². The second-order valence-corrected chi connectivity index (χ2v) is 16.0. The molecule has 1 amide bonds. The summed E-state index contributed by atoms with van der Waals surface area (Å²) in [6, 6.07) is 6.16. The van der Waals surface area contributed by atoms with Crippen molar-refractivity contribution >= 4 is 27.3 Å². The fraction of sp³-hybridized carbons (Fsp3) is 0.594. The number of likely N-dealkylation sites (tertiary alicyclic amines) is 1. The molecule has 4 aliphatic rings. The molecule has 1 saturated heterocycles. The summed E-state index contributed by atoms with van der Waals surface area (Å²) in [4.78, 5) is 15.3. The van der Waals surface area contributed by atoms with Gasteiger partial charge in [0.05, 0.1) is 10.9 Å². The van der Waals surface area contributed by atoms with E-state index in [2.05, 4.69) is 6.92 Å².